The molecule has 2 aromatic carbocycles. The van der Waals surface area contributed by atoms with E-state index in [1.165, 1.54) is 0 Å². The molecule has 3 rings (SSSR count). The molecule has 25 heavy (non-hydrogen) atoms. The summed E-state index contributed by atoms with van der Waals surface area (Å²) in [6.45, 7) is 9.33. The number of rotatable bonds is 4. The molecule has 0 N–H and O–H groups in total. The van der Waals surface area contributed by atoms with Crippen LogP contribution in [0.2, 0.25) is 0 Å². The van der Waals surface area contributed by atoms with Gasteiger partial charge in [-0.15, -0.1) is 0 Å². The van der Waals surface area contributed by atoms with Crippen LogP contribution in [0.1, 0.15) is 12.5 Å². The molecule has 0 aliphatic rings. The van der Waals surface area contributed by atoms with Crippen LogP contribution in [0.15, 0.2) is 60.3 Å². The molecule has 3 aromatic rings. The van der Waals surface area contributed by atoms with Gasteiger partial charge >= 0.3 is 5.97 Å². The van der Waals surface area contributed by atoms with Crippen LogP contribution in [0.3, 0.4) is 0 Å². The van der Waals surface area contributed by atoms with Gasteiger partial charge in [-0.25, -0.2) is 4.85 Å². The maximum atomic E-state index is 12.1. The van der Waals surface area contributed by atoms with Gasteiger partial charge in [0.25, 0.3) is 5.70 Å². The average Bonchev–Trinajstić information content (AvgIpc) is 2.93. The summed E-state index contributed by atoms with van der Waals surface area (Å²) in [5, 5.41) is 0.995. The SMILES string of the molecule is [C-]#[N+]/C(=C\c1c(-c2ccccc2)n(C)c2ccccc12)C(=O)OCC. The maximum Gasteiger partial charge on any atom is 0.336 e. The van der Waals surface area contributed by atoms with Crippen LogP contribution in [0.25, 0.3) is 33.1 Å². The van der Waals surface area contributed by atoms with E-state index in [1.807, 2.05) is 61.6 Å². The van der Waals surface area contributed by atoms with Crippen LogP contribution in [0, 0.1) is 6.57 Å². The minimum absolute atomic E-state index is 0.0182. The Bertz CT molecular complexity index is 992. The number of nitrogens with zero attached hydrogens (tertiary/aromatic N) is 2. The standard InChI is InChI=1S/C21H18N2O2/c1-4-25-21(24)18(22-2)14-17-16-12-8-9-13-19(16)23(3)20(17)15-10-6-5-7-11-15/h5-14H,4H2,1,3H3/b18-14-. The largest absolute Gasteiger partial charge is 0.471 e. The first-order valence-corrected chi connectivity index (χ1v) is 8.06. The third kappa shape index (κ3) is 3.05. The van der Waals surface area contributed by atoms with Crippen LogP contribution in [0.4, 0.5) is 0 Å². The fraction of sp³-hybridized carbons (Fsp3) is 0.143. The third-order valence-corrected chi connectivity index (χ3v) is 4.08. The van der Waals surface area contributed by atoms with E-state index in [4.69, 9.17) is 11.3 Å². The molecule has 124 valence electrons. The smallest absolute Gasteiger partial charge is 0.336 e. The lowest BCUT2D eigenvalue weighted by Crippen LogP contribution is -2.05. The lowest BCUT2D eigenvalue weighted by molar-refractivity contribution is -0.138. The molecule has 4 heteroatoms. The van der Waals surface area contributed by atoms with Crippen molar-refractivity contribution in [2.24, 2.45) is 7.05 Å². The zero-order valence-electron chi connectivity index (χ0n) is 14.2. The van der Waals surface area contributed by atoms with Crippen LogP contribution >= 0.6 is 0 Å². The van der Waals surface area contributed by atoms with E-state index in [-0.39, 0.29) is 12.3 Å². The van der Waals surface area contributed by atoms with Gasteiger partial charge in [-0.2, -0.15) is 0 Å². The molecule has 0 saturated heterocycles. The molecule has 0 aliphatic heterocycles. The van der Waals surface area contributed by atoms with Crippen molar-refractivity contribution in [1.29, 1.82) is 0 Å². The number of carbonyl (C=O) groups excluding carboxylic acids is 1. The van der Waals surface area contributed by atoms with Gasteiger partial charge in [0, 0.05) is 18.0 Å². The zero-order chi connectivity index (χ0) is 17.8. The maximum absolute atomic E-state index is 12.1. The highest BCUT2D eigenvalue weighted by molar-refractivity contribution is 6.03. The molecule has 0 fully saturated rings. The first-order chi connectivity index (χ1) is 12.2. The Kier molecular flexibility index (Phi) is 4.67. The summed E-state index contributed by atoms with van der Waals surface area (Å²) in [4.78, 5) is 15.4. The van der Waals surface area contributed by atoms with Gasteiger partial charge < -0.3 is 9.30 Å². The van der Waals surface area contributed by atoms with E-state index in [2.05, 4.69) is 9.41 Å². The molecule has 0 bridgehead atoms. The van der Waals surface area contributed by atoms with Crippen molar-refractivity contribution < 1.29 is 9.53 Å². The number of para-hydroxylation sites is 1. The highest BCUT2D eigenvalue weighted by Crippen LogP contribution is 2.34. The lowest BCUT2D eigenvalue weighted by atomic mass is 10.0. The molecule has 0 amide bonds. The number of aryl methyl sites for hydroxylation is 1. The Morgan fingerprint density at radius 3 is 2.52 bits per heavy atom. The molecule has 0 radical (unpaired) electrons. The predicted octanol–water partition coefficient (Wildman–Crippen LogP) is 4.67. The summed E-state index contributed by atoms with van der Waals surface area (Å²) in [5.74, 6) is -0.593. The van der Waals surface area contributed by atoms with Gasteiger partial charge in [-0.05, 0) is 30.2 Å². The fourth-order valence-corrected chi connectivity index (χ4v) is 2.99. The van der Waals surface area contributed by atoms with Crippen LogP contribution in [-0.4, -0.2) is 17.1 Å². The summed E-state index contributed by atoms with van der Waals surface area (Å²) in [5.41, 5.74) is 3.87. The number of fused-ring (bicyclic) bond motifs is 1. The second-order valence-electron chi connectivity index (χ2n) is 5.57. The normalized spacial score (nSPS) is 11.3. The highest BCUT2D eigenvalue weighted by atomic mass is 16.5. The number of carbonyl (C=O) groups is 1. The van der Waals surface area contributed by atoms with E-state index < -0.39 is 5.97 Å². The number of benzene rings is 2. The first-order valence-electron chi connectivity index (χ1n) is 8.06. The minimum atomic E-state index is -0.593. The van der Waals surface area contributed by atoms with E-state index in [0.29, 0.717) is 0 Å². The number of ether oxygens (including phenoxy) is 1. The van der Waals surface area contributed by atoms with Crippen molar-refractivity contribution in [2.45, 2.75) is 6.92 Å². The second-order valence-corrected chi connectivity index (χ2v) is 5.57. The molecule has 4 nitrogen and oxygen atoms in total. The Morgan fingerprint density at radius 2 is 1.84 bits per heavy atom. The lowest BCUT2D eigenvalue weighted by Gasteiger charge is -2.07. The van der Waals surface area contributed by atoms with Crippen molar-refractivity contribution >= 4 is 22.9 Å². The molecule has 1 aromatic heterocycles. The van der Waals surface area contributed by atoms with E-state index in [9.17, 15) is 4.79 Å². The Morgan fingerprint density at radius 1 is 1.16 bits per heavy atom. The molecular weight excluding hydrogens is 312 g/mol. The van der Waals surface area contributed by atoms with Gasteiger partial charge in [-0.3, -0.25) is 4.79 Å². The summed E-state index contributed by atoms with van der Waals surface area (Å²) < 4.78 is 7.09. The summed E-state index contributed by atoms with van der Waals surface area (Å²) in [7, 11) is 1.99. The molecular formula is C21H18N2O2. The van der Waals surface area contributed by atoms with Crippen molar-refractivity contribution in [2.75, 3.05) is 6.61 Å². The molecule has 0 spiro atoms. The molecule has 1 heterocycles. The van der Waals surface area contributed by atoms with Crippen molar-refractivity contribution in [3.63, 3.8) is 0 Å². The summed E-state index contributed by atoms with van der Waals surface area (Å²) in [6.07, 6.45) is 1.63. The van der Waals surface area contributed by atoms with E-state index >= 15 is 0 Å². The number of hydrogen-bond acceptors (Lipinski definition) is 2. The van der Waals surface area contributed by atoms with Crippen LogP contribution < -0.4 is 0 Å². The number of hydrogen-bond donors (Lipinski definition) is 0. The van der Waals surface area contributed by atoms with E-state index in [0.717, 1.165) is 27.7 Å². The Hall–Kier alpha value is -3.32. The molecule has 0 atom stereocenters. The quantitative estimate of drug-likeness (QED) is 0.396. The van der Waals surface area contributed by atoms with E-state index in [1.54, 1.807) is 13.0 Å². The van der Waals surface area contributed by atoms with Crippen molar-refractivity contribution in [3.05, 3.63) is 77.3 Å². The Labute approximate surface area is 146 Å². The summed E-state index contributed by atoms with van der Waals surface area (Å²) >= 11 is 0. The third-order valence-electron chi connectivity index (χ3n) is 4.08. The first kappa shape index (κ1) is 16.5. The average molecular weight is 330 g/mol. The highest BCUT2D eigenvalue weighted by Gasteiger charge is 2.18. The van der Waals surface area contributed by atoms with Gasteiger partial charge in [0.2, 0.25) is 0 Å². The monoisotopic (exact) mass is 330 g/mol. The second kappa shape index (κ2) is 7.06. The van der Waals surface area contributed by atoms with Crippen molar-refractivity contribution in [3.8, 4) is 11.3 Å². The molecule has 0 saturated carbocycles. The predicted molar refractivity (Wildman–Crippen MR) is 99.6 cm³/mol. The van der Waals surface area contributed by atoms with Crippen LogP contribution in [0.5, 0.6) is 0 Å². The minimum Gasteiger partial charge on any atom is -0.471 e. The van der Waals surface area contributed by atoms with Gasteiger partial charge in [0.1, 0.15) is 0 Å². The number of esters is 1. The summed E-state index contributed by atoms with van der Waals surface area (Å²) in [6, 6.07) is 17.9. The zero-order valence-corrected chi connectivity index (χ0v) is 14.2. The Balaban J connectivity index is 2.30. The van der Waals surface area contributed by atoms with Crippen molar-refractivity contribution in [1.82, 2.24) is 4.57 Å². The number of aromatic nitrogens is 1. The topological polar surface area (TPSA) is 35.6 Å². The molecule has 0 aliphatic carbocycles. The van der Waals surface area contributed by atoms with Gasteiger partial charge in [0.05, 0.1) is 18.9 Å². The van der Waals surface area contributed by atoms with Gasteiger partial charge in [0.15, 0.2) is 0 Å². The fourth-order valence-electron chi connectivity index (χ4n) is 2.99. The molecule has 0 unspecified atom stereocenters. The van der Waals surface area contributed by atoms with Gasteiger partial charge in [-0.1, -0.05) is 48.5 Å². The van der Waals surface area contributed by atoms with Crippen LogP contribution in [-0.2, 0) is 16.6 Å².